The number of aliphatic imine (C=N–C) groups is 1. The molecule has 1 N–H and O–H groups in total. The van der Waals surface area contributed by atoms with Crippen molar-refractivity contribution in [3.05, 3.63) is 0 Å². The molecule has 0 amide bonds. The van der Waals surface area contributed by atoms with E-state index in [0.29, 0.717) is 13.2 Å². The zero-order valence-electron chi connectivity index (χ0n) is 3.85. The third kappa shape index (κ3) is 1.08. The van der Waals surface area contributed by atoms with Crippen LogP contribution in [0, 0.1) is 0 Å². The number of Topliss-reactive ketones (excluding diaryl/α,β-unsaturated/α-hetero) is 1. The fourth-order valence-electron chi connectivity index (χ4n) is 0.437. The SMILES string of the molecule is O=C1C=NCNC1. The Morgan fingerprint density at radius 2 is 2.71 bits per heavy atom. The summed E-state index contributed by atoms with van der Waals surface area (Å²) in [5.41, 5.74) is 0. The standard InChI is InChI=1S/C4H6N2O/c7-4-1-5-3-6-2-4/h1,6H,2-3H2. The summed E-state index contributed by atoms with van der Waals surface area (Å²) in [6.45, 7) is 1.04. The van der Waals surface area contributed by atoms with Gasteiger partial charge in [0, 0.05) is 0 Å². The fraction of sp³-hybridized carbons (Fsp3) is 0.500. The highest BCUT2D eigenvalue weighted by atomic mass is 16.1. The van der Waals surface area contributed by atoms with E-state index in [9.17, 15) is 4.79 Å². The molecule has 7 heavy (non-hydrogen) atoms. The highest BCUT2D eigenvalue weighted by Crippen LogP contribution is 1.73. The van der Waals surface area contributed by atoms with Crippen molar-refractivity contribution in [1.29, 1.82) is 0 Å². The third-order valence-electron chi connectivity index (χ3n) is 0.738. The van der Waals surface area contributed by atoms with Crippen molar-refractivity contribution in [3.8, 4) is 0 Å². The van der Waals surface area contributed by atoms with E-state index in [2.05, 4.69) is 10.3 Å². The first-order chi connectivity index (χ1) is 3.39. The summed E-state index contributed by atoms with van der Waals surface area (Å²) in [5.74, 6) is 0.0613. The molecular formula is C4H6N2O. The fourth-order valence-corrected chi connectivity index (χ4v) is 0.437. The van der Waals surface area contributed by atoms with Crippen molar-refractivity contribution in [2.75, 3.05) is 13.2 Å². The maximum atomic E-state index is 10.3. The summed E-state index contributed by atoms with van der Waals surface area (Å²) in [4.78, 5) is 13.9. The van der Waals surface area contributed by atoms with Gasteiger partial charge in [0.1, 0.15) is 0 Å². The van der Waals surface area contributed by atoms with Gasteiger partial charge in [0.05, 0.1) is 19.4 Å². The van der Waals surface area contributed by atoms with E-state index < -0.39 is 0 Å². The van der Waals surface area contributed by atoms with Crippen LogP contribution in [-0.2, 0) is 4.79 Å². The first-order valence-electron chi connectivity index (χ1n) is 2.13. The van der Waals surface area contributed by atoms with Gasteiger partial charge in [-0.1, -0.05) is 0 Å². The molecule has 0 saturated carbocycles. The number of hydrogen-bond acceptors (Lipinski definition) is 3. The van der Waals surface area contributed by atoms with Gasteiger partial charge >= 0.3 is 0 Å². The Labute approximate surface area is 41.4 Å². The number of nitrogens with one attached hydrogen (secondary N) is 1. The van der Waals surface area contributed by atoms with Crippen LogP contribution < -0.4 is 5.32 Å². The van der Waals surface area contributed by atoms with Crippen LogP contribution in [0.3, 0.4) is 0 Å². The Bertz CT molecular complexity index is 108. The second-order valence-electron chi connectivity index (χ2n) is 1.36. The van der Waals surface area contributed by atoms with Crippen LogP contribution in [-0.4, -0.2) is 25.2 Å². The van der Waals surface area contributed by atoms with Gasteiger partial charge in [-0.25, -0.2) is 0 Å². The number of carbonyl (C=O) groups is 1. The lowest BCUT2D eigenvalue weighted by atomic mass is 10.4. The highest BCUT2D eigenvalue weighted by Gasteiger charge is 1.98. The predicted octanol–water partition coefficient (Wildman–Crippen LogP) is -0.813. The second kappa shape index (κ2) is 1.84. The number of carbonyl (C=O) groups excluding carboxylic acids is 1. The van der Waals surface area contributed by atoms with Crippen LogP contribution in [0.25, 0.3) is 0 Å². The topological polar surface area (TPSA) is 41.5 Å². The molecule has 0 atom stereocenters. The first-order valence-corrected chi connectivity index (χ1v) is 2.13. The first kappa shape index (κ1) is 4.46. The molecule has 0 unspecified atom stereocenters. The Kier molecular flexibility index (Phi) is 1.17. The minimum Gasteiger partial charge on any atom is -0.292 e. The molecule has 0 spiro atoms. The number of nitrogens with zero attached hydrogens (tertiary/aromatic N) is 1. The average Bonchev–Trinajstić information content (AvgIpc) is 1.69. The summed E-state index contributed by atoms with van der Waals surface area (Å²) in [5, 5.41) is 2.79. The molecule has 0 aromatic rings. The quantitative estimate of drug-likeness (QED) is 0.430. The van der Waals surface area contributed by atoms with Gasteiger partial charge in [0.15, 0.2) is 5.78 Å². The normalized spacial score (nSPS) is 20.3. The van der Waals surface area contributed by atoms with E-state index in [-0.39, 0.29) is 5.78 Å². The van der Waals surface area contributed by atoms with E-state index >= 15 is 0 Å². The molecule has 3 heteroatoms. The molecule has 0 saturated heterocycles. The lowest BCUT2D eigenvalue weighted by Gasteiger charge is -2.00. The maximum Gasteiger partial charge on any atom is 0.187 e. The Morgan fingerprint density at radius 3 is 3.00 bits per heavy atom. The summed E-state index contributed by atoms with van der Waals surface area (Å²) in [6, 6.07) is 0. The molecule has 1 heterocycles. The van der Waals surface area contributed by atoms with Crippen molar-refractivity contribution in [3.63, 3.8) is 0 Å². The van der Waals surface area contributed by atoms with Crippen molar-refractivity contribution >= 4 is 12.0 Å². The second-order valence-corrected chi connectivity index (χ2v) is 1.36. The molecule has 1 rings (SSSR count). The van der Waals surface area contributed by atoms with Crippen LogP contribution in [0.1, 0.15) is 0 Å². The average molecular weight is 98.1 g/mol. The minimum atomic E-state index is 0.0613. The highest BCUT2D eigenvalue weighted by molar-refractivity contribution is 6.28. The Morgan fingerprint density at radius 1 is 1.86 bits per heavy atom. The summed E-state index contributed by atoms with van der Waals surface area (Å²) >= 11 is 0. The van der Waals surface area contributed by atoms with Crippen LogP contribution in [0.5, 0.6) is 0 Å². The van der Waals surface area contributed by atoms with Crippen molar-refractivity contribution < 1.29 is 4.79 Å². The number of rotatable bonds is 0. The van der Waals surface area contributed by atoms with Crippen LogP contribution in [0.4, 0.5) is 0 Å². The largest absolute Gasteiger partial charge is 0.292 e. The Hall–Kier alpha value is -0.700. The summed E-state index contributed by atoms with van der Waals surface area (Å²) < 4.78 is 0. The van der Waals surface area contributed by atoms with Crippen molar-refractivity contribution in [2.45, 2.75) is 0 Å². The lowest BCUT2D eigenvalue weighted by molar-refractivity contribution is -0.112. The van der Waals surface area contributed by atoms with Crippen molar-refractivity contribution in [1.82, 2.24) is 5.32 Å². The Balaban J connectivity index is 2.51. The number of ketones is 1. The maximum absolute atomic E-state index is 10.3. The molecule has 0 aliphatic carbocycles. The van der Waals surface area contributed by atoms with E-state index in [4.69, 9.17) is 0 Å². The molecule has 1 aliphatic rings. The smallest absolute Gasteiger partial charge is 0.187 e. The van der Waals surface area contributed by atoms with Crippen LogP contribution >= 0.6 is 0 Å². The molecule has 3 nitrogen and oxygen atoms in total. The molecule has 1 aliphatic heterocycles. The van der Waals surface area contributed by atoms with E-state index in [1.807, 2.05) is 0 Å². The monoisotopic (exact) mass is 98.0 g/mol. The lowest BCUT2D eigenvalue weighted by Crippen LogP contribution is -2.28. The van der Waals surface area contributed by atoms with Gasteiger partial charge in [-0.2, -0.15) is 0 Å². The summed E-state index contributed by atoms with van der Waals surface area (Å²) in [7, 11) is 0. The molecule has 0 fully saturated rings. The van der Waals surface area contributed by atoms with E-state index in [1.165, 1.54) is 6.21 Å². The summed E-state index contributed by atoms with van der Waals surface area (Å²) in [6.07, 6.45) is 1.36. The molecule has 0 radical (unpaired) electrons. The van der Waals surface area contributed by atoms with Gasteiger partial charge in [-0.05, 0) is 0 Å². The van der Waals surface area contributed by atoms with Gasteiger partial charge in [-0.3, -0.25) is 15.1 Å². The predicted molar refractivity (Wildman–Crippen MR) is 26.4 cm³/mol. The van der Waals surface area contributed by atoms with Crippen molar-refractivity contribution in [2.24, 2.45) is 4.99 Å². The number of hydrogen-bond donors (Lipinski definition) is 1. The minimum absolute atomic E-state index is 0.0613. The van der Waals surface area contributed by atoms with Gasteiger partial charge in [0.25, 0.3) is 0 Å². The van der Waals surface area contributed by atoms with Gasteiger partial charge in [0.2, 0.25) is 0 Å². The zero-order valence-corrected chi connectivity index (χ0v) is 3.85. The third-order valence-corrected chi connectivity index (χ3v) is 0.738. The molecule has 0 bridgehead atoms. The van der Waals surface area contributed by atoms with Crippen LogP contribution in [0.2, 0.25) is 0 Å². The van der Waals surface area contributed by atoms with E-state index in [1.54, 1.807) is 0 Å². The van der Waals surface area contributed by atoms with Gasteiger partial charge in [-0.15, -0.1) is 0 Å². The molecular weight excluding hydrogens is 92.1 g/mol. The molecule has 0 aromatic heterocycles. The van der Waals surface area contributed by atoms with E-state index in [0.717, 1.165) is 0 Å². The molecule has 38 valence electrons. The van der Waals surface area contributed by atoms with Gasteiger partial charge < -0.3 is 0 Å². The zero-order chi connectivity index (χ0) is 5.11. The van der Waals surface area contributed by atoms with Crippen LogP contribution in [0.15, 0.2) is 4.99 Å². The molecule has 0 aromatic carbocycles.